The molecule has 0 N–H and O–H groups in total. The lowest BCUT2D eigenvalue weighted by atomic mass is 10.2. The molecule has 0 amide bonds. The van der Waals surface area contributed by atoms with Gasteiger partial charge < -0.3 is 0 Å². The molecule has 2 rings (SSSR count). The van der Waals surface area contributed by atoms with E-state index in [4.69, 9.17) is 23.2 Å². The molecule has 0 saturated carbocycles. The van der Waals surface area contributed by atoms with Gasteiger partial charge in [0, 0.05) is 18.1 Å². The number of hydrogen-bond donors (Lipinski definition) is 0. The number of sulfonamides is 1. The molecule has 108 valence electrons. The third-order valence-corrected chi connectivity index (χ3v) is 6.55. The van der Waals surface area contributed by atoms with Crippen LogP contribution in [0.3, 0.4) is 0 Å². The largest absolute Gasteiger partial charge is 0.254 e. The van der Waals surface area contributed by atoms with Gasteiger partial charge in [0.15, 0.2) is 8.68 Å². The summed E-state index contributed by atoms with van der Waals surface area (Å²) >= 11 is 12.7. The molecule has 0 spiro atoms. The Morgan fingerprint density at radius 3 is 2.55 bits per heavy atom. The molecule has 2 aromatic rings. The molecule has 0 atom stereocenters. The first-order valence-corrected chi connectivity index (χ1v) is 8.81. The van der Waals surface area contributed by atoms with Crippen molar-refractivity contribution in [2.24, 2.45) is 0 Å². The number of hydrogen-bond acceptors (Lipinski definition) is 4. The monoisotopic (exact) mass is 350 g/mol. The third kappa shape index (κ3) is 3.32. The van der Waals surface area contributed by atoms with E-state index in [1.807, 2.05) is 6.07 Å². The van der Waals surface area contributed by atoms with E-state index in [0.717, 1.165) is 16.9 Å². The number of thiazole rings is 1. The van der Waals surface area contributed by atoms with Crippen molar-refractivity contribution in [2.75, 3.05) is 6.54 Å². The zero-order valence-corrected chi connectivity index (χ0v) is 13.7. The van der Waals surface area contributed by atoms with Crippen LogP contribution in [0.4, 0.5) is 0 Å². The molecular weight excluding hydrogens is 339 g/mol. The first-order valence-electron chi connectivity index (χ1n) is 5.80. The molecule has 0 aliphatic rings. The summed E-state index contributed by atoms with van der Waals surface area (Å²) in [5.74, 6) is 0. The Labute approximate surface area is 132 Å². The highest BCUT2D eigenvalue weighted by molar-refractivity contribution is 7.91. The standard InChI is InChI=1S/C12H12Cl2N2O2S2/c1-2-16(8-9-5-3-4-6-10(9)13)20(17,18)11-7-15-12(14)19-11/h3-7H,2,8H2,1H3. The lowest BCUT2D eigenvalue weighted by Gasteiger charge is -2.19. The van der Waals surface area contributed by atoms with Crippen LogP contribution < -0.4 is 0 Å². The Bertz CT molecular complexity index is 701. The molecule has 1 aromatic carbocycles. The van der Waals surface area contributed by atoms with Gasteiger partial charge in [-0.25, -0.2) is 13.4 Å². The highest BCUT2D eigenvalue weighted by atomic mass is 35.5. The molecule has 0 aliphatic carbocycles. The van der Waals surface area contributed by atoms with Gasteiger partial charge in [0.05, 0.1) is 6.20 Å². The van der Waals surface area contributed by atoms with E-state index in [-0.39, 0.29) is 15.2 Å². The summed E-state index contributed by atoms with van der Waals surface area (Å²) in [6.07, 6.45) is 1.28. The fraction of sp³-hybridized carbons (Fsp3) is 0.250. The number of halogens is 2. The fourth-order valence-corrected chi connectivity index (χ4v) is 4.74. The average Bonchev–Trinajstić information content (AvgIpc) is 2.85. The second-order valence-electron chi connectivity index (χ2n) is 3.95. The molecule has 1 heterocycles. The van der Waals surface area contributed by atoms with Crippen LogP contribution in [0.5, 0.6) is 0 Å². The van der Waals surface area contributed by atoms with Crippen LogP contribution in [0.1, 0.15) is 12.5 Å². The van der Waals surface area contributed by atoms with Gasteiger partial charge in [-0.3, -0.25) is 0 Å². The Morgan fingerprint density at radius 1 is 1.30 bits per heavy atom. The Morgan fingerprint density at radius 2 is 2.00 bits per heavy atom. The van der Waals surface area contributed by atoms with Crippen LogP contribution >= 0.6 is 34.5 Å². The number of rotatable bonds is 5. The van der Waals surface area contributed by atoms with Crippen LogP contribution in [0.2, 0.25) is 9.49 Å². The first-order chi connectivity index (χ1) is 9.45. The van der Waals surface area contributed by atoms with E-state index in [0.29, 0.717) is 11.6 Å². The quantitative estimate of drug-likeness (QED) is 0.826. The SMILES string of the molecule is CCN(Cc1ccccc1Cl)S(=O)(=O)c1cnc(Cl)s1. The van der Waals surface area contributed by atoms with E-state index in [1.54, 1.807) is 25.1 Å². The van der Waals surface area contributed by atoms with Gasteiger partial charge in [-0.05, 0) is 11.6 Å². The predicted octanol–water partition coefficient (Wildman–Crippen LogP) is 3.66. The van der Waals surface area contributed by atoms with Crippen LogP contribution in [0.25, 0.3) is 0 Å². The number of aromatic nitrogens is 1. The van der Waals surface area contributed by atoms with E-state index in [9.17, 15) is 8.42 Å². The van der Waals surface area contributed by atoms with Crippen molar-refractivity contribution in [3.8, 4) is 0 Å². The molecule has 0 fully saturated rings. The molecule has 0 radical (unpaired) electrons. The van der Waals surface area contributed by atoms with Crippen LogP contribution in [0.15, 0.2) is 34.7 Å². The second-order valence-corrected chi connectivity index (χ2v) is 8.14. The summed E-state index contributed by atoms with van der Waals surface area (Å²) in [5.41, 5.74) is 0.759. The Hall–Kier alpha value is -0.660. The third-order valence-electron chi connectivity index (χ3n) is 2.71. The van der Waals surface area contributed by atoms with E-state index in [1.165, 1.54) is 10.5 Å². The van der Waals surface area contributed by atoms with Gasteiger partial charge in [0.25, 0.3) is 10.0 Å². The van der Waals surface area contributed by atoms with Crippen LogP contribution in [-0.2, 0) is 16.6 Å². The smallest absolute Gasteiger partial charge is 0.232 e. The van der Waals surface area contributed by atoms with Gasteiger partial charge in [-0.15, -0.1) is 0 Å². The number of benzene rings is 1. The maximum absolute atomic E-state index is 12.5. The summed E-state index contributed by atoms with van der Waals surface area (Å²) in [7, 11) is -3.60. The second kappa shape index (κ2) is 6.41. The molecule has 4 nitrogen and oxygen atoms in total. The molecule has 8 heteroatoms. The summed E-state index contributed by atoms with van der Waals surface area (Å²) in [6, 6.07) is 7.17. The summed E-state index contributed by atoms with van der Waals surface area (Å²) in [5, 5.41) is 0.545. The minimum Gasteiger partial charge on any atom is -0.232 e. The van der Waals surface area contributed by atoms with Crippen LogP contribution in [0, 0.1) is 0 Å². The van der Waals surface area contributed by atoms with Crippen molar-refractivity contribution in [1.29, 1.82) is 0 Å². The maximum Gasteiger partial charge on any atom is 0.254 e. The Balaban J connectivity index is 2.31. The topological polar surface area (TPSA) is 50.3 Å². The van der Waals surface area contributed by atoms with E-state index >= 15 is 0 Å². The summed E-state index contributed by atoms with van der Waals surface area (Å²) in [6.45, 7) is 2.33. The maximum atomic E-state index is 12.5. The van der Waals surface area contributed by atoms with Crippen molar-refractivity contribution >= 4 is 44.6 Å². The molecule has 0 aliphatic heterocycles. The lowest BCUT2D eigenvalue weighted by Crippen LogP contribution is -2.30. The minimum absolute atomic E-state index is 0.136. The predicted molar refractivity (Wildman–Crippen MR) is 81.8 cm³/mol. The zero-order valence-electron chi connectivity index (χ0n) is 10.6. The highest BCUT2D eigenvalue weighted by Gasteiger charge is 2.26. The van der Waals surface area contributed by atoms with Crippen LogP contribution in [-0.4, -0.2) is 24.3 Å². The van der Waals surface area contributed by atoms with Gasteiger partial charge in [-0.2, -0.15) is 4.31 Å². The van der Waals surface area contributed by atoms with Crippen molar-refractivity contribution in [2.45, 2.75) is 17.7 Å². The summed E-state index contributed by atoms with van der Waals surface area (Å²) in [4.78, 5) is 3.78. The molecule has 20 heavy (non-hydrogen) atoms. The fourth-order valence-electron chi connectivity index (χ4n) is 1.67. The average molecular weight is 351 g/mol. The van der Waals surface area contributed by atoms with Crippen molar-refractivity contribution in [3.63, 3.8) is 0 Å². The van der Waals surface area contributed by atoms with E-state index in [2.05, 4.69) is 4.98 Å². The van der Waals surface area contributed by atoms with Crippen molar-refractivity contribution < 1.29 is 8.42 Å². The lowest BCUT2D eigenvalue weighted by molar-refractivity contribution is 0.425. The number of nitrogens with zero attached hydrogens (tertiary/aromatic N) is 2. The molecular formula is C12H12Cl2N2O2S2. The van der Waals surface area contributed by atoms with Gasteiger partial charge >= 0.3 is 0 Å². The van der Waals surface area contributed by atoms with Gasteiger partial charge in [-0.1, -0.05) is 59.7 Å². The molecule has 0 bridgehead atoms. The highest BCUT2D eigenvalue weighted by Crippen LogP contribution is 2.27. The first kappa shape index (κ1) is 15.7. The van der Waals surface area contributed by atoms with Crippen molar-refractivity contribution in [3.05, 3.63) is 45.5 Å². The van der Waals surface area contributed by atoms with Gasteiger partial charge in [0.1, 0.15) is 0 Å². The van der Waals surface area contributed by atoms with Crippen molar-refractivity contribution in [1.82, 2.24) is 9.29 Å². The molecule has 0 saturated heterocycles. The van der Waals surface area contributed by atoms with E-state index < -0.39 is 10.0 Å². The zero-order chi connectivity index (χ0) is 14.8. The normalized spacial score (nSPS) is 12.0. The minimum atomic E-state index is -3.60. The summed E-state index contributed by atoms with van der Waals surface area (Å²) < 4.78 is 26.7. The molecule has 1 aromatic heterocycles. The molecule has 0 unspecified atom stereocenters. The van der Waals surface area contributed by atoms with Gasteiger partial charge in [0.2, 0.25) is 0 Å². The Kier molecular flexibility index (Phi) is 5.04.